The maximum atomic E-state index is 12.2. The Bertz CT molecular complexity index is 504. The Morgan fingerprint density at radius 3 is 2.61 bits per heavy atom. The van der Waals surface area contributed by atoms with E-state index in [0.717, 1.165) is 5.56 Å². The Morgan fingerprint density at radius 2 is 2.00 bits per heavy atom. The van der Waals surface area contributed by atoms with Gasteiger partial charge in [0.2, 0.25) is 6.29 Å². The Hall–Kier alpha value is -1.46. The van der Waals surface area contributed by atoms with E-state index in [1.165, 1.54) is 6.08 Å². The van der Waals surface area contributed by atoms with E-state index in [4.69, 9.17) is 9.47 Å². The van der Waals surface area contributed by atoms with Gasteiger partial charge in [-0.15, -0.1) is 0 Å². The highest BCUT2D eigenvalue weighted by atomic mass is 32.2. The quantitative estimate of drug-likeness (QED) is 0.781. The van der Waals surface area contributed by atoms with Crippen LogP contribution in [0.15, 0.2) is 40.1 Å². The summed E-state index contributed by atoms with van der Waals surface area (Å²) in [6, 6.07) is 7.20. The zero-order valence-electron chi connectivity index (χ0n) is 10.2. The minimum Gasteiger partial charge on any atom is -0.428 e. The van der Waals surface area contributed by atoms with Crippen LogP contribution in [0.1, 0.15) is 12.5 Å². The van der Waals surface area contributed by atoms with E-state index in [2.05, 4.69) is 0 Å². The third kappa shape index (κ3) is 2.68. The predicted octanol–water partition coefficient (Wildman–Crippen LogP) is 1.91. The van der Waals surface area contributed by atoms with Gasteiger partial charge in [-0.25, -0.2) is 9.00 Å². The Balaban J connectivity index is 2.21. The maximum absolute atomic E-state index is 12.2. The summed E-state index contributed by atoms with van der Waals surface area (Å²) in [6.45, 7) is 4.18. The molecule has 5 heteroatoms. The molecule has 1 aromatic carbocycles. The van der Waals surface area contributed by atoms with Crippen molar-refractivity contribution in [2.75, 3.05) is 6.61 Å². The van der Waals surface area contributed by atoms with Crippen molar-refractivity contribution in [3.05, 3.63) is 40.8 Å². The lowest BCUT2D eigenvalue weighted by Crippen LogP contribution is -2.12. The molecule has 1 aliphatic rings. The van der Waals surface area contributed by atoms with Gasteiger partial charge < -0.3 is 9.47 Å². The highest BCUT2D eigenvalue weighted by molar-refractivity contribution is 7.90. The third-order valence-electron chi connectivity index (χ3n) is 2.48. The molecule has 2 rings (SSSR count). The van der Waals surface area contributed by atoms with Crippen molar-refractivity contribution in [1.82, 2.24) is 0 Å². The van der Waals surface area contributed by atoms with Crippen LogP contribution < -0.4 is 0 Å². The monoisotopic (exact) mass is 266 g/mol. The van der Waals surface area contributed by atoms with Crippen LogP contribution in [0.25, 0.3) is 0 Å². The van der Waals surface area contributed by atoms with Crippen LogP contribution >= 0.6 is 0 Å². The van der Waals surface area contributed by atoms with Gasteiger partial charge in [-0.2, -0.15) is 0 Å². The van der Waals surface area contributed by atoms with E-state index in [9.17, 15) is 9.00 Å². The molecule has 0 saturated carbocycles. The molecule has 0 amide bonds. The second-order valence-electron chi connectivity index (χ2n) is 3.84. The molecule has 1 unspecified atom stereocenters. The molecule has 4 nitrogen and oxygen atoms in total. The van der Waals surface area contributed by atoms with Gasteiger partial charge in [-0.05, 0) is 26.0 Å². The molecule has 0 fully saturated rings. The lowest BCUT2D eigenvalue weighted by molar-refractivity contribution is -0.157. The van der Waals surface area contributed by atoms with E-state index in [-0.39, 0.29) is 4.91 Å². The van der Waals surface area contributed by atoms with E-state index in [1.54, 1.807) is 19.1 Å². The van der Waals surface area contributed by atoms with Crippen LogP contribution in [0, 0.1) is 6.92 Å². The first-order valence-corrected chi connectivity index (χ1v) is 6.79. The number of cyclic esters (lactones) is 1. The van der Waals surface area contributed by atoms with Crippen molar-refractivity contribution < 1.29 is 18.5 Å². The summed E-state index contributed by atoms with van der Waals surface area (Å²) in [4.78, 5) is 12.3. The molecular weight excluding hydrogens is 252 g/mol. The highest BCUT2D eigenvalue weighted by Gasteiger charge is 2.30. The van der Waals surface area contributed by atoms with Crippen molar-refractivity contribution in [2.45, 2.75) is 25.0 Å². The van der Waals surface area contributed by atoms with Crippen molar-refractivity contribution in [1.29, 1.82) is 0 Å². The first-order valence-electron chi connectivity index (χ1n) is 5.64. The first-order chi connectivity index (χ1) is 8.61. The Labute approximate surface area is 108 Å². The molecule has 96 valence electrons. The molecule has 0 radical (unpaired) electrons. The number of ether oxygens (including phenoxy) is 2. The summed E-state index contributed by atoms with van der Waals surface area (Å²) in [5.74, 6) is -0.577. The minimum atomic E-state index is -1.51. The molecule has 0 aliphatic carbocycles. The minimum absolute atomic E-state index is 0.150. The van der Waals surface area contributed by atoms with Crippen molar-refractivity contribution in [3.8, 4) is 0 Å². The molecule has 18 heavy (non-hydrogen) atoms. The zero-order valence-corrected chi connectivity index (χ0v) is 11.0. The molecule has 2 atom stereocenters. The van der Waals surface area contributed by atoms with Gasteiger partial charge in [0.15, 0.2) is 0 Å². The van der Waals surface area contributed by atoms with Gasteiger partial charge in [0.1, 0.15) is 4.91 Å². The summed E-state index contributed by atoms with van der Waals surface area (Å²) in [5.41, 5.74) is 1.07. The first kappa shape index (κ1) is 13.0. The van der Waals surface area contributed by atoms with E-state index in [0.29, 0.717) is 11.5 Å². The smallest absolute Gasteiger partial charge is 0.350 e. The van der Waals surface area contributed by atoms with E-state index in [1.807, 2.05) is 19.1 Å². The number of aryl methyl sites for hydroxylation is 1. The molecular formula is C13H14O4S. The molecule has 0 spiro atoms. The predicted molar refractivity (Wildman–Crippen MR) is 67.2 cm³/mol. The second kappa shape index (κ2) is 5.46. The summed E-state index contributed by atoms with van der Waals surface area (Å²) >= 11 is 0. The Kier molecular flexibility index (Phi) is 3.93. The van der Waals surface area contributed by atoms with Crippen molar-refractivity contribution in [3.63, 3.8) is 0 Å². The van der Waals surface area contributed by atoms with Gasteiger partial charge >= 0.3 is 5.97 Å². The number of rotatable bonds is 4. The topological polar surface area (TPSA) is 52.6 Å². The number of hydrogen-bond donors (Lipinski definition) is 0. The summed E-state index contributed by atoms with van der Waals surface area (Å²) in [5, 5.41) is 0. The number of carbonyl (C=O) groups excluding carboxylic acids is 1. The molecule has 0 aromatic heterocycles. The van der Waals surface area contributed by atoms with E-state index >= 15 is 0 Å². The number of carbonyl (C=O) groups is 1. The van der Waals surface area contributed by atoms with Crippen molar-refractivity contribution >= 4 is 16.8 Å². The molecule has 1 heterocycles. The molecule has 0 bridgehead atoms. The molecule has 1 aromatic rings. The highest BCUT2D eigenvalue weighted by Crippen LogP contribution is 2.23. The fourth-order valence-corrected chi connectivity index (χ4v) is 2.63. The average molecular weight is 266 g/mol. The van der Waals surface area contributed by atoms with Crippen LogP contribution in [0.5, 0.6) is 0 Å². The lowest BCUT2D eigenvalue weighted by atomic mass is 10.2. The van der Waals surface area contributed by atoms with Crippen LogP contribution in [0.2, 0.25) is 0 Å². The summed E-state index contributed by atoms with van der Waals surface area (Å²) in [6.07, 6.45) is 0.758. The van der Waals surface area contributed by atoms with Crippen LogP contribution in [0.3, 0.4) is 0 Å². The molecule has 1 aliphatic heterocycles. The van der Waals surface area contributed by atoms with Gasteiger partial charge in [0.05, 0.1) is 10.8 Å². The summed E-state index contributed by atoms with van der Waals surface area (Å²) in [7, 11) is -1.51. The SMILES string of the molecule is CCO[C@@H]1C=C(S(=O)c2ccc(C)cc2)C(=O)O1. The van der Waals surface area contributed by atoms with Gasteiger partial charge in [-0.1, -0.05) is 17.7 Å². The zero-order chi connectivity index (χ0) is 13.1. The number of hydrogen-bond acceptors (Lipinski definition) is 4. The molecule has 0 saturated heterocycles. The van der Waals surface area contributed by atoms with Gasteiger partial charge in [-0.3, -0.25) is 0 Å². The lowest BCUT2D eigenvalue weighted by Gasteiger charge is -2.05. The van der Waals surface area contributed by atoms with Crippen LogP contribution in [-0.2, 0) is 25.1 Å². The average Bonchev–Trinajstić information content (AvgIpc) is 2.71. The largest absolute Gasteiger partial charge is 0.428 e. The fraction of sp³-hybridized carbons (Fsp3) is 0.308. The van der Waals surface area contributed by atoms with Crippen LogP contribution in [0.4, 0.5) is 0 Å². The fourth-order valence-electron chi connectivity index (χ4n) is 1.56. The maximum Gasteiger partial charge on any atom is 0.350 e. The van der Waals surface area contributed by atoms with E-state index < -0.39 is 23.1 Å². The van der Waals surface area contributed by atoms with Gasteiger partial charge in [0.25, 0.3) is 0 Å². The normalized spacial score (nSPS) is 20.4. The third-order valence-corrected chi connectivity index (χ3v) is 3.88. The van der Waals surface area contributed by atoms with Crippen LogP contribution in [-0.4, -0.2) is 23.1 Å². The number of esters is 1. The standard InChI is InChI=1S/C13H14O4S/c1-3-16-12-8-11(13(14)17-12)18(15)10-6-4-9(2)5-7-10/h4-8,12H,3H2,1-2H3/t12-,18?/m0/s1. The second-order valence-corrected chi connectivity index (χ2v) is 5.29. The molecule has 0 N–H and O–H groups in total. The van der Waals surface area contributed by atoms with Gasteiger partial charge in [0, 0.05) is 17.6 Å². The number of benzene rings is 1. The Morgan fingerprint density at radius 1 is 1.33 bits per heavy atom. The summed E-state index contributed by atoms with van der Waals surface area (Å²) < 4.78 is 22.3. The van der Waals surface area contributed by atoms with Crippen molar-refractivity contribution in [2.24, 2.45) is 0 Å².